The van der Waals surface area contributed by atoms with E-state index in [1.807, 2.05) is 0 Å². The van der Waals surface area contributed by atoms with Crippen LogP contribution in [0.4, 0.5) is 17.6 Å². The highest BCUT2D eigenvalue weighted by Gasteiger charge is 2.42. The minimum absolute atomic E-state index is 0.0257. The number of rotatable bonds is 3. The van der Waals surface area contributed by atoms with E-state index in [1.165, 1.54) is 16.7 Å². The number of halogens is 5. The molecule has 1 aromatic carbocycles. The molecule has 2 aromatic rings. The summed E-state index contributed by atoms with van der Waals surface area (Å²) in [7, 11) is 0. The fraction of sp³-hybridized carbons (Fsp3) is 0.400. The van der Waals surface area contributed by atoms with Crippen LogP contribution in [0.3, 0.4) is 0 Å². The van der Waals surface area contributed by atoms with E-state index in [9.17, 15) is 22.4 Å². The van der Waals surface area contributed by atoms with Crippen molar-refractivity contribution in [1.29, 1.82) is 0 Å². The Kier molecular flexibility index (Phi) is 4.68. The van der Waals surface area contributed by atoms with Crippen LogP contribution in [0.5, 0.6) is 0 Å². The van der Waals surface area contributed by atoms with Gasteiger partial charge in [0.15, 0.2) is 5.82 Å². The summed E-state index contributed by atoms with van der Waals surface area (Å²) in [5, 5.41) is 10.1. The summed E-state index contributed by atoms with van der Waals surface area (Å²) in [5.41, 5.74) is 0.137. The van der Waals surface area contributed by atoms with Crippen molar-refractivity contribution >= 4 is 17.5 Å². The van der Waals surface area contributed by atoms with Crippen LogP contribution in [0, 0.1) is 11.7 Å². The van der Waals surface area contributed by atoms with Gasteiger partial charge in [-0.25, -0.2) is 4.39 Å². The van der Waals surface area contributed by atoms with Gasteiger partial charge in [0.2, 0.25) is 0 Å². The van der Waals surface area contributed by atoms with E-state index in [2.05, 4.69) is 15.5 Å². The van der Waals surface area contributed by atoms with Gasteiger partial charge in [0, 0.05) is 18.5 Å². The fourth-order valence-electron chi connectivity index (χ4n) is 2.68. The Bertz CT molecular complexity index is 805. The zero-order valence-corrected chi connectivity index (χ0v) is 13.5. The van der Waals surface area contributed by atoms with Gasteiger partial charge in [-0.2, -0.15) is 13.2 Å². The van der Waals surface area contributed by atoms with Gasteiger partial charge in [0.1, 0.15) is 11.6 Å². The molecule has 1 aromatic heterocycles. The van der Waals surface area contributed by atoms with Crippen molar-refractivity contribution in [3.63, 3.8) is 0 Å². The summed E-state index contributed by atoms with van der Waals surface area (Å²) in [6, 6.07) is 3.49. The third-order valence-corrected chi connectivity index (χ3v) is 4.36. The van der Waals surface area contributed by atoms with Crippen molar-refractivity contribution in [2.75, 3.05) is 0 Å². The lowest BCUT2D eigenvalue weighted by Crippen LogP contribution is -2.34. The molecule has 2 heterocycles. The molecule has 3 rings (SSSR count). The molecular weight excluding hydrogens is 364 g/mol. The van der Waals surface area contributed by atoms with E-state index in [-0.39, 0.29) is 42.3 Å². The summed E-state index contributed by atoms with van der Waals surface area (Å²) < 4.78 is 53.2. The fourth-order valence-corrected chi connectivity index (χ4v) is 2.86. The first-order chi connectivity index (χ1) is 11.8. The molecule has 10 heteroatoms. The molecule has 1 N–H and O–H groups in total. The van der Waals surface area contributed by atoms with Crippen LogP contribution >= 0.6 is 11.6 Å². The summed E-state index contributed by atoms with van der Waals surface area (Å²) in [5.74, 6) is -1.94. The molecule has 0 aliphatic carbocycles. The number of nitrogens with one attached hydrogen (secondary N) is 1. The Balaban J connectivity index is 1.69. The van der Waals surface area contributed by atoms with Crippen LogP contribution in [0.15, 0.2) is 18.2 Å². The molecule has 1 aliphatic rings. The van der Waals surface area contributed by atoms with Crippen LogP contribution < -0.4 is 5.32 Å². The average molecular weight is 377 g/mol. The highest BCUT2D eigenvalue weighted by molar-refractivity contribution is 6.31. The topological polar surface area (TPSA) is 59.8 Å². The second-order valence-electron chi connectivity index (χ2n) is 5.73. The average Bonchev–Trinajstić information content (AvgIpc) is 2.96. The number of amides is 1. The van der Waals surface area contributed by atoms with Crippen LogP contribution in [0.25, 0.3) is 0 Å². The third kappa shape index (κ3) is 3.76. The monoisotopic (exact) mass is 376 g/mol. The SMILES string of the molecule is O=C(NCc1nnc2n1CC(C(F)(F)F)CC2)c1ccc(F)c(Cl)c1. The van der Waals surface area contributed by atoms with Gasteiger partial charge in [0.05, 0.1) is 17.5 Å². The Hall–Kier alpha value is -2.16. The van der Waals surface area contributed by atoms with Crippen LogP contribution in [-0.2, 0) is 19.5 Å². The van der Waals surface area contributed by atoms with Crippen molar-refractivity contribution < 1.29 is 22.4 Å². The normalized spacial score (nSPS) is 17.2. The zero-order valence-electron chi connectivity index (χ0n) is 12.8. The van der Waals surface area contributed by atoms with Crippen molar-refractivity contribution in [3.05, 3.63) is 46.3 Å². The molecular formula is C15H13ClF4N4O. The molecule has 0 saturated carbocycles. The molecule has 25 heavy (non-hydrogen) atoms. The molecule has 1 unspecified atom stereocenters. The van der Waals surface area contributed by atoms with Crippen molar-refractivity contribution in [3.8, 4) is 0 Å². The lowest BCUT2D eigenvalue weighted by atomic mass is 9.99. The predicted octanol–water partition coefficient (Wildman–Crippen LogP) is 3.13. The first-order valence-corrected chi connectivity index (χ1v) is 7.84. The number of hydrogen-bond acceptors (Lipinski definition) is 3. The number of benzene rings is 1. The number of nitrogens with zero attached hydrogens (tertiary/aromatic N) is 3. The second-order valence-corrected chi connectivity index (χ2v) is 6.14. The van der Waals surface area contributed by atoms with Crippen LogP contribution in [0.1, 0.15) is 28.4 Å². The van der Waals surface area contributed by atoms with Crippen molar-refractivity contribution in [1.82, 2.24) is 20.1 Å². The molecule has 134 valence electrons. The number of aromatic nitrogens is 3. The van der Waals surface area contributed by atoms with Gasteiger partial charge in [-0.15, -0.1) is 10.2 Å². The third-order valence-electron chi connectivity index (χ3n) is 4.08. The zero-order chi connectivity index (χ0) is 18.2. The molecule has 1 aliphatic heterocycles. The molecule has 1 amide bonds. The molecule has 0 fully saturated rings. The van der Waals surface area contributed by atoms with Crippen molar-refractivity contribution in [2.45, 2.75) is 32.1 Å². The second kappa shape index (κ2) is 6.62. The maximum atomic E-state index is 13.1. The van der Waals surface area contributed by atoms with Crippen molar-refractivity contribution in [2.24, 2.45) is 5.92 Å². The predicted molar refractivity (Wildman–Crippen MR) is 80.5 cm³/mol. The quantitative estimate of drug-likeness (QED) is 0.837. The van der Waals surface area contributed by atoms with E-state index in [0.717, 1.165) is 6.07 Å². The van der Waals surface area contributed by atoms with Gasteiger partial charge < -0.3 is 9.88 Å². The maximum absolute atomic E-state index is 13.1. The lowest BCUT2D eigenvalue weighted by molar-refractivity contribution is -0.182. The standard InChI is InChI=1S/C15H13ClF4N4O/c16-10-5-8(1-3-11(10)17)14(25)21-6-13-23-22-12-4-2-9(7-24(12)13)15(18,19)20/h1,3,5,9H,2,4,6-7H2,(H,21,25). The Morgan fingerprint density at radius 2 is 2.12 bits per heavy atom. The van der Waals surface area contributed by atoms with Crippen LogP contribution in [0.2, 0.25) is 5.02 Å². The Morgan fingerprint density at radius 3 is 2.80 bits per heavy atom. The minimum Gasteiger partial charge on any atom is -0.345 e. The molecule has 0 bridgehead atoms. The molecule has 1 atom stereocenters. The Labute approximate surface area is 145 Å². The molecule has 0 radical (unpaired) electrons. The number of alkyl halides is 3. The van der Waals surface area contributed by atoms with E-state index in [0.29, 0.717) is 5.82 Å². The van der Waals surface area contributed by atoms with E-state index < -0.39 is 23.8 Å². The van der Waals surface area contributed by atoms with E-state index in [1.54, 1.807) is 0 Å². The van der Waals surface area contributed by atoms with Crippen LogP contribution in [-0.4, -0.2) is 26.8 Å². The highest BCUT2D eigenvalue weighted by atomic mass is 35.5. The largest absolute Gasteiger partial charge is 0.393 e. The molecule has 0 saturated heterocycles. The summed E-state index contributed by atoms with van der Waals surface area (Å²) >= 11 is 5.62. The molecule has 0 spiro atoms. The van der Waals surface area contributed by atoms with Gasteiger partial charge in [-0.1, -0.05) is 11.6 Å². The highest BCUT2D eigenvalue weighted by Crippen LogP contribution is 2.34. The van der Waals surface area contributed by atoms with E-state index in [4.69, 9.17) is 11.6 Å². The number of aryl methyl sites for hydroxylation is 1. The maximum Gasteiger partial charge on any atom is 0.393 e. The summed E-state index contributed by atoms with van der Waals surface area (Å²) in [6.45, 7) is -0.356. The van der Waals surface area contributed by atoms with Gasteiger partial charge in [0.25, 0.3) is 5.91 Å². The van der Waals surface area contributed by atoms with Gasteiger partial charge in [-0.05, 0) is 24.6 Å². The minimum atomic E-state index is -4.28. The number of carbonyl (C=O) groups is 1. The van der Waals surface area contributed by atoms with Gasteiger partial charge >= 0.3 is 6.18 Å². The smallest absolute Gasteiger partial charge is 0.345 e. The summed E-state index contributed by atoms with van der Waals surface area (Å²) in [4.78, 5) is 12.1. The lowest BCUT2D eigenvalue weighted by Gasteiger charge is -2.26. The summed E-state index contributed by atoms with van der Waals surface area (Å²) in [6.07, 6.45) is -4.13. The number of hydrogen-bond donors (Lipinski definition) is 1. The number of carbonyl (C=O) groups excluding carboxylic acids is 1. The Morgan fingerprint density at radius 1 is 1.36 bits per heavy atom. The van der Waals surface area contributed by atoms with Gasteiger partial charge in [-0.3, -0.25) is 4.79 Å². The first kappa shape index (κ1) is 17.7. The first-order valence-electron chi connectivity index (χ1n) is 7.46. The molecule has 5 nitrogen and oxygen atoms in total. The van der Waals surface area contributed by atoms with E-state index >= 15 is 0 Å². The number of fused-ring (bicyclic) bond motifs is 1.